The highest BCUT2D eigenvalue weighted by Crippen LogP contribution is 2.32. The van der Waals surface area contributed by atoms with Gasteiger partial charge in [0.05, 0.1) is 6.54 Å². The van der Waals surface area contributed by atoms with Crippen LogP contribution < -0.4 is 15.5 Å². The van der Waals surface area contributed by atoms with Gasteiger partial charge in [-0.3, -0.25) is 9.59 Å². The highest BCUT2D eigenvalue weighted by molar-refractivity contribution is 6.30. The molecule has 4 rings (SSSR count). The zero-order valence-electron chi connectivity index (χ0n) is 15.7. The number of halogens is 1. The summed E-state index contributed by atoms with van der Waals surface area (Å²) >= 11 is 5.96. The molecule has 1 saturated heterocycles. The second-order valence-corrected chi connectivity index (χ2v) is 7.93. The van der Waals surface area contributed by atoms with E-state index in [1.807, 2.05) is 47.4 Å². The number of amides is 2. The average molecular weight is 398 g/mol. The zero-order chi connectivity index (χ0) is 19.5. The van der Waals surface area contributed by atoms with Gasteiger partial charge >= 0.3 is 0 Å². The van der Waals surface area contributed by atoms with Crippen LogP contribution in [0.25, 0.3) is 0 Å². The minimum absolute atomic E-state index is 0.0317. The molecule has 2 N–H and O–H groups in total. The maximum Gasteiger partial charge on any atom is 0.227 e. The van der Waals surface area contributed by atoms with E-state index in [4.69, 9.17) is 11.6 Å². The first kappa shape index (κ1) is 19.0. The fourth-order valence-electron chi connectivity index (χ4n) is 3.95. The van der Waals surface area contributed by atoms with E-state index in [9.17, 15) is 9.59 Å². The van der Waals surface area contributed by atoms with Crippen molar-refractivity contribution in [2.75, 3.05) is 16.8 Å². The molecule has 2 heterocycles. The molecule has 1 unspecified atom stereocenters. The van der Waals surface area contributed by atoms with Crippen molar-refractivity contribution in [1.82, 2.24) is 5.32 Å². The number of hydrogen-bond donors (Lipinski definition) is 2. The molecule has 2 aliphatic heterocycles. The fourth-order valence-corrected chi connectivity index (χ4v) is 4.08. The van der Waals surface area contributed by atoms with Gasteiger partial charge in [0.15, 0.2) is 0 Å². The Morgan fingerprint density at radius 3 is 2.75 bits per heavy atom. The fraction of sp³-hybridized carbons (Fsp3) is 0.364. The number of aryl methyl sites for hydroxylation is 1. The van der Waals surface area contributed by atoms with E-state index in [1.54, 1.807) is 0 Å². The molecule has 0 saturated carbocycles. The van der Waals surface area contributed by atoms with E-state index >= 15 is 0 Å². The normalized spacial score (nSPS) is 18.8. The predicted octanol–water partition coefficient (Wildman–Crippen LogP) is 3.90. The molecule has 2 aliphatic rings. The lowest BCUT2D eigenvalue weighted by Gasteiger charge is -2.30. The van der Waals surface area contributed by atoms with Gasteiger partial charge < -0.3 is 15.5 Å². The summed E-state index contributed by atoms with van der Waals surface area (Å²) in [5.74, 6) is 0.149. The Kier molecular flexibility index (Phi) is 5.64. The lowest BCUT2D eigenvalue weighted by Crippen LogP contribution is -2.34. The average Bonchev–Trinajstić information content (AvgIpc) is 3.18. The van der Waals surface area contributed by atoms with Crippen LogP contribution >= 0.6 is 11.6 Å². The van der Waals surface area contributed by atoms with E-state index in [0.717, 1.165) is 41.9 Å². The minimum Gasteiger partial charge on any atom is -0.326 e. The Labute approximate surface area is 170 Å². The first-order valence-corrected chi connectivity index (χ1v) is 10.2. The molecule has 146 valence electrons. The van der Waals surface area contributed by atoms with Crippen molar-refractivity contribution in [3.8, 4) is 0 Å². The number of anilines is 2. The van der Waals surface area contributed by atoms with Gasteiger partial charge in [0.2, 0.25) is 11.8 Å². The summed E-state index contributed by atoms with van der Waals surface area (Å²) in [6.45, 7) is 1.51. The van der Waals surface area contributed by atoms with Crippen molar-refractivity contribution in [2.45, 2.75) is 44.7 Å². The van der Waals surface area contributed by atoms with Crippen molar-refractivity contribution in [1.29, 1.82) is 0 Å². The van der Waals surface area contributed by atoms with Gasteiger partial charge in [0.25, 0.3) is 0 Å². The number of nitrogens with one attached hydrogen (secondary N) is 2. The molecule has 6 heteroatoms. The molecular weight excluding hydrogens is 374 g/mol. The van der Waals surface area contributed by atoms with Crippen LogP contribution in [0.3, 0.4) is 0 Å². The monoisotopic (exact) mass is 397 g/mol. The summed E-state index contributed by atoms with van der Waals surface area (Å²) in [6, 6.07) is 13.7. The van der Waals surface area contributed by atoms with E-state index in [-0.39, 0.29) is 17.9 Å². The summed E-state index contributed by atoms with van der Waals surface area (Å²) in [6.07, 6.45) is 3.86. The molecule has 2 aromatic rings. The van der Waals surface area contributed by atoms with Gasteiger partial charge in [-0.25, -0.2) is 0 Å². The second kappa shape index (κ2) is 8.33. The second-order valence-electron chi connectivity index (χ2n) is 7.50. The highest BCUT2D eigenvalue weighted by Gasteiger charge is 2.25. The molecule has 5 nitrogen and oxygen atoms in total. The van der Waals surface area contributed by atoms with Crippen LogP contribution in [-0.2, 0) is 22.6 Å². The third kappa shape index (κ3) is 4.37. The maximum atomic E-state index is 12.5. The summed E-state index contributed by atoms with van der Waals surface area (Å²) in [5.41, 5.74) is 3.83. The number of hydrogen-bond acceptors (Lipinski definition) is 3. The number of carbonyl (C=O) groups is 2. The van der Waals surface area contributed by atoms with E-state index in [2.05, 4.69) is 10.6 Å². The standard InChI is InChI=1S/C22H24ClN3O2/c23-17-6-3-15(4-7-17)14-26-20-9-8-19(12-16(20)5-10-22(26)28)25-21(27)13-18-2-1-11-24-18/h3-4,6-9,12,18,24H,1-2,5,10-11,13-14H2,(H,25,27). The van der Waals surface area contributed by atoms with Crippen LogP contribution in [0.4, 0.5) is 11.4 Å². The zero-order valence-corrected chi connectivity index (χ0v) is 16.5. The van der Waals surface area contributed by atoms with E-state index in [0.29, 0.717) is 30.8 Å². The molecular formula is C22H24ClN3O2. The number of fused-ring (bicyclic) bond motifs is 1. The van der Waals surface area contributed by atoms with Gasteiger partial charge in [-0.1, -0.05) is 23.7 Å². The van der Waals surface area contributed by atoms with Crippen LogP contribution in [0.2, 0.25) is 5.02 Å². The molecule has 0 aromatic heterocycles. The summed E-state index contributed by atoms with van der Waals surface area (Å²) in [5, 5.41) is 7.03. The molecule has 1 atom stereocenters. The Balaban J connectivity index is 1.47. The van der Waals surface area contributed by atoms with Crippen molar-refractivity contribution in [3.05, 3.63) is 58.6 Å². The first-order valence-electron chi connectivity index (χ1n) is 9.79. The number of rotatable bonds is 5. The van der Waals surface area contributed by atoms with Crippen molar-refractivity contribution in [2.24, 2.45) is 0 Å². The third-order valence-corrected chi connectivity index (χ3v) is 5.66. The van der Waals surface area contributed by atoms with Crippen LogP contribution in [0.5, 0.6) is 0 Å². The summed E-state index contributed by atoms with van der Waals surface area (Å²) < 4.78 is 0. The maximum absolute atomic E-state index is 12.5. The molecule has 0 spiro atoms. The Morgan fingerprint density at radius 1 is 1.18 bits per heavy atom. The van der Waals surface area contributed by atoms with E-state index in [1.165, 1.54) is 0 Å². The number of benzene rings is 2. The first-order chi connectivity index (χ1) is 13.6. The summed E-state index contributed by atoms with van der Waals surface area (Å²) in [4.78, 5) is 26.6. The van der Waals surface area contributed by atoms with Gasteiger partial charge in [0.1, 0.15) is 0 Å². The molecule has 0 bridgehead atoms. The number of nitrogens with zero attached hydrogens (tertiary/aromatic N) is 1. The molecule has 2 aromatic carbocycles. The Bertz CT molecular complexity index is 876. The molecule has 0 radical (unpaired) electrons. The molecule has 2 amide bonds. The lowest BCUT2D eigenvalue weighted by molar-refractivity contribution is -0.119. The van der Waals surface area contributed by atoms with Crippen molar-refractivity contribution >= 4 is 34.8 Å². The minimum atomic E-state index is 0.0317. The quantitative estimate of drug-likeness (QED) is 0.804. The van der Waals surface area contributed by atoms with Crippen LogP contribution in [0.1, 0.15) is 36.8 Å². The van der Waals surface area contributed by atoms with E-state index < -0.39 is 0 Å². The molecule has 28 heavy (non-hydrogen) atoms. The third-order valence-electron chi connectivity index (χ3n) is 5.41. The highest BCUT2D eigenvalue weighted by atomic mass is 35.5. The smallest absolute Gasteiger partial charge is 0.227 e. The van der Waals surface area contributed by atoms with Gasteiger partial charge in [-0.05, 0) is 67.3 Å². The summed E-state index contributed by atoms with van der Waals surface area (Å²) in [7, 11) is 0. The van der Waals surface area contributed by atoms with Crippen LogP contribution in [0, 0.1) is 0 Å². The Morgan fingerprint density at radius 2 is 2.00 bits per heavy atom. The number of carbonyl (C=O) groups excluding carboxylic acids is 2. The SMILES string of the molecule is O=C(CC1CCCN1)Nc1ccc2c(c1)CCC(=O)N2Cc1ccc(Cl)cc1. The predicted molar refractivity (Wildman–Crippen MR) is 112 cm³/mol. The van der Waals surface area contributed by atoms with Gasteiger partial charge in [0, 0.05) is 35.3 Å². The largest absolute Gasteiger partial charge is 0.326 e. The molecule has 1 fully saturated rings. The Hall–Kier alpha value is -2.37. The molecule has 0 aliphatic carbocycles. The van der Waals surface area contributed by atoms with Crippen molar-refractivity contribution < 1.29 is 9.59 Å². The van der Waals surface area contributed by atoms with Crippen LogP contribution in [0.15, 0.2) is 42.5 Å². The van der Waals surface area contributed by atoms with Crippen molar-refractivity contribution in [3.63, 3.8) is 0 Å². The van der Waals surface area contributed by atoms with Crippen LogP contribution in [-0.4, -0.2) is 24.4 Å². The van der Waals surface area contributed by atoms with Gasteiger partial charge in [-0.15, -0.1) is 0 Å². The van der Waals surface area contributed by atoms with Gasteiger partial charge in [-0.2, -0.15) is 0 Å². The lowest BCUT2D eigenvalue weighted by atomic mass is 9.99. The topological polar surface area (TPSA) is 61.4 Å².